The van der Waals surface area contributed by atoms with E-state index in [0.717, 1.165) is 10.5 Å². The first-order valence-electron chi connectivity index (χ1n) is 10.8. The van der Waals surface area contributed by atoms with Crippen LogP contribution in [0.3, 0.4) is 0 Å². The predicted octanol–water partition coefficient (Wildman–Crippen LogP) is 2.76. The molecule has 178 valence electrons. The monoisotopic (exact) mass is 458 g/mol. The van der Waals surface area contributed by atoms with Crippen LogP contribution >= 0.6 is 0 Å². The number of hydrogen-bond donors (Lipinski definition) is 0. The van der Waals surface area contributed by atoms with Crippen LogP contribution < -0.4 is 16.0 Å². The molecule has 2 heterocycles. The number of hydrogen-bond acceptors (Lipinski definition) is 4. The van der Waals surface area contributed by atoms with Crippen LogP contribution in [0.5, 0.6) is 0 Å². The molecule has 1 atom stereocenters. The first-order chi connectivity index (χ1) is 15.3. The Morgan fingerprint density at radius 1 is 1.30 bits per heavy atom. The molecule has 0 bridgehead atoms. The zero-order valence-electron chi connectivity index (χ0n) is 20.3. The molecule has 1 unspecified atom stereocenters. The van der Waals surface area contributed by atoms with E-state index in [2.05, 4.69) is 16.6 Å². The Bertz CT molecular complexity index is 1220. The number of carbonyl (C=O) groups excluding carboxylic acids is 1. The molecule has 0 aromatic carbocycles. The quantitative estimate of drug-likeness (QED) is 0.616. The van der Waals surface area contributed by atoms with Gasteiger partial charge >= 0.3 is 0 Å². The molecular formula is C25H32F2N4O2. The van der Waals surface area contributed by atoms with E-state index in [1.54, 1.807) is 31.7 Å². The van der Waals surface area contributed by atoms with Crippen LogP contribution in [0.4, 0.5) is 8.78 Å². The van der Waals surface area contributed by atoms with E-state index in [0.29, 0.717) is 16.1 Å². The van der Waals surface area contributed by atoms with Crippen molar-refractivity contribution in [3.63, 3.8) is 0 Å². The molecule has 6 nitrogen and oxygen atoms in total. The number of pyridine rings is 1. The molecule has 0 fully saturated rings. The fourth-order valence-electron chi connectivity index (χ4n) is 3.65. The molecule has 0 spiro atoms. The van der Waals surface area contributed by atoms with Gasteiger partial charge in [-0.05, 0) is 38.0 Å². The fourth-order valence-corrected chi connectivity index (χ4v) is 3.65. The molecule has 0 radical (unpaired) electrons. The van der Waals surface area contributed by atoms with Gasteiger partial charge in [0.05, 0.1) is 18.0 Å². The zero-order valence-corrected chi connectivity index (χ0v) is 20.3. The van der Waals surface area contributed by atoms with Crippen LogP contribution in [0.2, 0.25) is 0 Å². The molecule has 1 aliphatic heterocycles. The highest BCUT2D eigenvalue weighted by Crippen LogP contribution is 2.22. The standard InChI is InChI=1S/C25H32F2N4O2/c1-14(2)9-19-16(5)10-20(31(8)24(19)32)18-11-28-23(29-12-18)17(6)21(22(26)27)25(33)30(7)13-15(3)4/h9-11,13-14,18,22H,5,12H2,1-4,6-8H3/b19-9+,21-17+. The molecule has 0 aliphatic carbocycles. The molecule has 33 heavy (non-hydrogen) atoms. The van der Waals surface area contributed by atoms with Gasteiger partial charge in [0, 0.05) is 43.0 Å². The van der Waals surface area contributed by atoms with Gasteiger partial charge in [0.2, 0.25) is 0 Å². The van der Waals surface area contributed by atoms with Crippen molar-refractivity contribution in [1.29, 1.82) is 0 Å². The summed E-state index contributed by atoms with van der Waals surface area (Å²) in [7, 11) is 3.11. The van der Waals surface area contributed by atoms with E-state index in [4.69, 9.17) is 0 Å². The number of allylic oxidation sites excluding steroid dienone is 1. The predicted molar refractivity (Wildman–Crippen MR) is 130 cm³/mol. The largest absolute Gasteiger partial charge is 0.318 e. The Labute approximate surface area is 193 Å². The van der Waals surface area contributed by atoms with E-state index in [-0.39, 0.29) is 35.3 Å². The SMILES string of the molecule is C=c1cc(C2C=NC(/C(C)=C(/C(=O)N(C)C=C(C)C)C(F)F)=NC2)n(C)c(=O)/c1=C/C(C)C. The van der Waals surface area contributed by atoms with Crippen LogP contribution in [0, 0.1) is 5.92 Å². The lowest BCUT2D eigenvalue weighted by Gasteiger charge is -2.21. The third-order valence-electron chi connectivity index (χ3n) is 5.25. The maximum atomic E-state index is 13.8. The molecule has 1 aromatic heterocycles. The Balaban J connectivity index is 2.42. The molecule has 2 rings (SSSR count). The Kier molecular flexibility index (Phi) is 8.41. The van der Waals surface area contributed by atoms with Crippen LogP contribution in [0.1, 0.15) is 46.2 Å². The molecule has 0 N–H and O–H groups in total. The van der Waals surface area contributed by atoms with Gasteiger partial charge in [0.15, 0.2) is 0 Å². The summed E-state index contributed by atoms with van der Waals surface area (Å²) in [5.41, 5.74) is 0.740. The lowest BCUT2D eigenvalue weighted by Crippen LogP contribution is -2.45. The van der Waals surface area contributed by atoms with Gasteiger partial charge in [0.25, 0.3) is 17.9 Å². The first-order valence-corrected chi connectivity index (χ1v) is 10.8. The lowest BCUT2D eigenvalue weighted by molar-refractivity contribution is -0.125. The normalized spacial score (nSPS) is 17.2. The Morgan fingerprint density at radius 2 is 1.94 bits per heavy atom. The Morgan fingerprint density at radius 3 is 2.42 bits per heavy atom. The molecule has 1 aromatic rings. The average molecular weight is 459 g/mol. The van der Waals surface area contributed by atoms with E-state index < -0.39 is 17.9 Å². The average Bonchev–Trinajstić information content (AvgIpc) is 2.73. The first kappa shape index (κ1) is 26.1. The highest BCUT2D eigenvalue weighted by Gasteiger charge is 2.28. The van der Waals surface area contributed by atoms with Crippen molar-refractivity contribution in [1.82, 2.24) is 9.47 Å². The van der Waals surface area contributed by atoms with Gasteiger partial charge in [-0.3, -0.25) is 14.6 Å². The van der Waals surface area contributed by atoms with Crippen molar-refractivity contribution >= 4 is 30.6 Å². The van der Waals surface area contributed by atoms with Crippen LogP contribution in [-0.4, -0.2) is 47.4 Å². The van der Waals surface area contributed by atoms with E-state index in [9.17, 15) is 18.4 Å². The second-order valence-corrected chi connectivity index (χ2v) is 8.79. The highest BCUT2D eigenvalue weighted by molar-refractivity contribution is 6.10. The lowest BCUT2D eigenvalue weighted by atomic mass is 10.0. The number of alkyl halides is 2. The van der Waals surface area contributed by atoms with Crippen molar-refractivity contribution in [2.45, 2.75) is 47.0 Å². The highest BCUT2D eigenvalue weighted by atomic mass is 19.3. The topological polar surface area (TPSA) is 67.0 Å². The summed E-state index contributed by atoms with van der Waals surface area (Å²) in [5, 5.41) is 1.18. The summed E-state index contributed by atoms with van der Waals surface area (Å²) in [6, 6.07) is 1.83. The summed E-state index contributed by atoms with van der Waals surface area (Å²) < 4.78 is 29.1. The van der Waals surface area contributed by atoms with E-state index in [1.165, 1.54) is 20.2 Å². The third-order valence-corrected chi connectivity index (χ3v) is 5.25. The second kappa shape index (κ2) is 10.6. The Hall–Kier alpha value is -3.16. The number of amidine groups is 1. The van der Waals surface area contributed by atoms with E-state index in [1.807, 2.05) is 26.0 Å². The van der Waals surface area contributed by atoms with Gasteiger partial charge in [0.1, 0.15) is 5.84 Å². The van der Waals surface area contributed by atoms with Gasteiger partial charge in [-0.15, -0.1) is 0 Å². The maximum Gasteiger partial charge on any atom is 0.269 e. The number of carbonyl (C=O) groups is 1. The number of halogens is 2. The van der Waals surface area contributed by atoms with Gasteiger partial charge in [-0.1, -0.05) is 32.1 Å². The summed E-state index contributed by atoms with van der Waals surface area (Å²) in [6.45, 7) is 13.2. The summed E-state index contributed by atoms with van der Waals surface area (Å²) in [4.78, 5) is 35.2. The number of aliphatic imine (C=N–C) groups is 2. The molecule has 1 aliphatic rings. The van der Waals surface area contributed by atoms with Crippen molar-refractivity contribution in [2.75, 3.05) is 13.6 Å². The molecule has 0 saturated heterocycles. The summed E-state index contributed by atoms with van der Waals surface area (Å²) >= 11 is 0. The van der Waals surface area contributed by atoms with Crippen molar-refractivity contribution < 1.29 is 13.6 Å². The summed E-state index contributed by atoms with van der Waals surface area (Å²) in [5.74, 6) is -0.827. The number of rotatable bonds is 6. The second-order valence-electron chi connectivity index (χ2n) is 8.79. The van der Waals surface area contributed by atoms with Crippen molar-refractivity contribution in [2.24, 2.45) is 23.0 Å². The van der Waals surface area contributed by atoms with Crippen LogP contribution in [0.25, 0.3) is 12.7 Å². The molecule has 0 saturated carbocycles. The van der Waals surface area contributed by atoms with Gasteiger partial charge < -0.3 is 9.47 Å². The van der Waals surface area contributed by atoms with Crippen molar-refractivity contribution in [3.8, 4) is 0 Å². The number of nitrogens with zero attached hydrogens (tertiary/aromatic N) is 4. The molecule has 1 amide bonds. The third kappa shape index (κ3) is 6.00. The van der Waals surface area contributed by atoms with Crippen LogP contribution in [0.15, 0.2) is 43.8 Å². The number of aromatic nitrogens is 1. The maximum absolute atomic E-state index is 13.8. The summed E-state index contributed by atoms with van der Waals surface area (Å²) in [6.07, 6.45) is 1.99. The fraction of sp³-hybridized carbons (Fsp3) is 0.440. The van der Waals surface area contributed by atoms with Crippen molar-refractivity contribution in [3.05, 3.63) is 55.5 Å². The minimum atomic E-state index is -2.97. The van der Waals surface area contributed by atoms with Crippen LogP contribution in [-0.2, 0) is 11.8 Å². The smallest absolute Gasteiger partial charge is 0.269 e. The zero-order chi connectivity index (χ0) is 25.0. The minimum absolute atomic E-state index is 0.0346. The minimum Gasteiger partial charge on any atom is -0.318 e. The van der Waals surface area contributed by atoms with Gasteiger partial charge in [-0.2, -0.15) is 0 Å². The van der Waals surface area contributed by atoms with Gasteiger partial charge in [-0.25, -0.2) is 13.8 Å². The molecular weight excluding hydrogens is 426 g/mol. The van der Waals surface area contributed by atoms with E-state index >= 15 is 0 Å². The number of amides is 1. The number of likely N-dealkylation sites (N-methyl/N-ethyl adjacent to an activating group) is 1. The molecule has 8 heteroatoms.